The Bertz CT molecular complexity index is 1100. The molecule has 0 fully saturated rings. The standard InChI is InChI=1S/C21H20N2O5/c1-12(24)14-8-9-18(27-3)15(10-14)11-19(25)28-13(2)20-22-17-7-5-4-6-16(17)21(26)23-20/h4-10,13H,11H2,1-3H3,(H,22,23,26)/t13-/m1/s1. The first-order valence-electron chi connectivity index (χ1n) is 8.75. The molecule has 0 radical (unpaired) electrons. The van der Waals surface area contributed by atoms with Gasteiger partial charge in [-0.25, -0.2) is 4.98 Å². The highest BCUT2D eigenvalue weighted by molar-refractivity contribution is 5.94. The molecule has 7 nitrogen and oxygen atoms in total. The van der Waals surface area contributed by atoms with Gasteiger partial charge < -0.3 is 14.5 Å². The summed E-state index contributed by atoms with van der Waals surface area (Å²) in [6.45, 7) is 3.09. The molecule has 0 aliphatic carbocycles. The molecule has 0 amide bonds. The lowest BCUT2D eigenvalue weighted by Gasteiger charge is -2.14. The van der Waals surface area contributed by atoms with Crippen molar-refractivity contribution in [2.75, 3.05) is 7.11 Å². The number of esters is 1. The average Bonchev–Trinajstić information content (AvgIpc) is 2.67. The van der Waals surface area contributed by atoms with E-state index in [2.05, 4.69) is 9.97 Å². The third-order valence-electron chi connectivity index (χ3n) is 4.35. The average molecular weight is 380 g/mol. The Morgan fingerprint density at radius 3 is 2.64 bits per heavy atom. The van der Waals surface area contributed by atoms with Crippen LogP contribution in [0.2, 0.25) is 0 Å². The van der Waals surface area contributed by atoms with Crippen LogP contribution in [0.1, 0.15) is 41.7 Å². The Morgan fingerprint density at radius 1 is 1.18 bits per heavy atom. The Labute approximate surface area is 161 Å². The Hall–Kier alpha value is -3.48. The second kappa shape index (κ2) is 8.04. The van der Waals surface area contributed by atoms with Crippen LogP contribution in [0.15, 0.2) is 47.3 Å². The van der Waals surface area contributed by atoms with Gasteiger partial charge in [0.1, 0.15) is 5.75 Å². The Kier molecular flexibility index (Phi) is 5.54. The van der Waals surface area contributed by atoms with Crippen LogP contribution in [-0.4, -0.2) is 28.8 Å². The smallest absolute Gasteiger partial charge is 0.311 e. The molecule has 1 aromatic heterocycles. The summed E-state index contributed by atoms with van der Waals surface area (Å²) in [4.78, 5) is 43.2. The van der Waals surface area contributed by atoms with Gasteiger partial charge in [-0.2, -0.15) is 0 Å². The molecule has 0 unspecified atom stereocenters. The third-order valence-corrected chi connectivity index (χ3v) is 4.35. The molecule has 0 bridgehead atoms. The monoisotopic (exact) mass is 380 g/mol. The van der Waals surface area contributed by atoms with Crippen molar-refractivity contribution in [2.45, 2.75) is 26.4 Å². The molecule has 1 heterocycles. The first-order chi connectivity index (χ1) is 13.4. The first kappa shape index (κ1) is 19.3. The summed E-state index contributed by atoms with van der Waals surface area (Å²) in [5, 5.41) is 0.468. The summed E-state index contributed by atoms with van der Waals surface area (Å²) in [7, 11) is 1.49. The number of ketones is 1. The SMILES string of the molecule is COc1ccc(C(C)=O)cc1CC(=O)O[C@H](C)c1nc2ccccc2c(=O)[nH]1. The number of methoxy groups -OCH3 is 1. The van der Waals surface area contributed by atoms with E-state index >= 15 is 0 Å². The third kappa shape index (κ3) is 4.09. The molecule has 1 N–H and O–H groups in total. The van der Waals surface area contributed by atoms with Crippen molar-refractivity contribution in [1.29, 1.82) is 0 Å². The van der Waals surface area contributed by atoms with E-state index in [1.54, 1.807) is 49.4 Å². The van der Waals surface area contributed by atoms with Crippen molar-refractivity contribution in [3.63, 3.8) is 0 Å². The van der Waals surface area contributed by atoms with Gasteiger partial charge in [0.25, 0.3) is 5.56 Å². The maximum atomic E-state index is 12.4. The highest BCUT2D eigenvalue weighted by atomic mass is 16.5. The molecular formula is C21H20N2O5. The number of nitrogens with one attached hydrogen (secondary N) is 1. The van der Waals surface area contributed by atoms with Crippen molar-refractivity contribution < 1.29 is 19.1 Å². The number of hydrogen-bond donors (Lipinski definition) is 1. The minimum Gasteiger partial charge on any atom is -0.496 e. The van der Waals surface area contributed by atoms with E-state index in [4.69, 9.17) is 9.47 Å². The normalized spacial score (nSPS) is 11.8. The number of H-pyrrole nitrogens is 1. The van der Waals surface area contributed by atoms with Gasteiger partial charge in [0.2, 0.25) is 0 Å². The molecule has 7 heteroatoms. The van der Waals surface area contributed by atoms with Gasteiger partial charge in [0.05, 0.1) is 24.4 Å². The summed E-state index contributed by atoms with van der Waals surface area (Å²) in [6, 6.07) is 11.8. The number of fused-ring (bicyclic) bond motifs is 1. The van der Waals surface area contributed by atoms with Crippen LogP contribution < -0.4 is 10.3 Å². The maximum absolute atomic E-state index is 12.4. The van der Waals surface area contributed by atoms with Crippen molar-refractivity contribution in [2.24, 2.45) is 0 Å². The molecule has 0 aliphatic heterocycles. The fourth-order valence-corrected chi connectivity index (χ4v) is 2.88. The molecule has 28 heavy (non-hydrogen) atoms. The van der Waals surface area contributed by atoms with E-state index in [1.165, 1.54) is 14.0 Å². The van der Waals surface area contributed by atoms with Crippen molar-refractivity contribution in [1.82, 2.24) is 9.97 Å². The second-order valence-corrected chi connectivity index (χ2v) is 6.36. The molecular weight excluding hydrogens is 360 g/mol. The zero-order chi connectivity index (χ0) is 20.3. The van der Waals surface area contributed by atoms with Crippen molar-refractivity contribution >= 4 is 22.7 Å². The van der Waals surface area contributed by atoms with Crippen LogP contribution in [0.25, 0.3) is 10.9 Å². The number of carbonyl (C=O) groups excluding carboxylic acids is 2. The molecule has 3 aromatic rings. The highest BCUT2D eigenvalue weighted by Gasteiger charge is 2.18. The molecule has 0 aliphatic rings. The molecule has 0 spiro atoms. The van der Waals surface area contributed by atoms with E-state index in [0.29, 0.717) is 27.8 Å². The minimum absolute atomic E-state index is 0.0769. The summed E-state index contributed by atoms with van der Waals surface area (Å²) >= 11 is 0. The quantitative estimate of drug-likeness (QED) is 0.521. The van der Waals surface area contributed by atoms with E-state index in [-0.39, 0.29) is 23.6 Å². The maximum Gasteiger partial charge on any atom is 0.311 e. The van der Waals surface area contributed by atoms with Gasteiger partial charge in [-0.1, -0.05) is 12.1 Å². The number of benzene rings is 2. The number of aromatic amines is 1. The molecule has 1 atom stereocenters. The fourth-order valence-electron chi connectivity index (χ4n) is 2.88. The lowest BCUT2D eigenvalue weighted by Crippen LogP contribution is -2.18. The summed E-state index contributed by atoms with van der Waals surface area (Å²) < 4.78 is 10.7. The van der Waals surface area contributed by atoms with Gasteiger partial charge in [0.15, 0.2) is 17.7 Å². The fraction of sp³-hybridized carbons (Fsp3) is 0.238. The summed E-state index contributed by atoms with van der Waals surface area (Å²) in [5.41, 5.74) is 1.27. The van der Waals surface area contributed by atoms with Crippen LogP contribution in [0.5, 0.6) is 5.75 Å². The second-order valence-electron chi connectivity index (χ2n) is 6.36. The predicted molar refractivity (Wildman–Crippen MR) is 104 cm³/mol. The van der Waals surface area contributed by atoms with Crippen LogP contribution in [0.3, 0.4) is 0 Å². The van der Waals surface area contributed by atoms with Gasteiger partial charge in [-0.3, -0.25) is 14.4 Å². The predicted octanol–water partition coefficient (Wildman–Crippen LogP) is 2.98. The van der Waals surface area contributed by atoms with E-state index in [1.807, 2.05) is 0 Å². The molecule has 3 rings (SSSR count). The van der Waals surface area contributed by atoms with Crippen LogP contribution in [0.4, 0.5) is 0 Å². The number of nitrogens with zero attached hydrogens (tertiary/aromatic N) is 1. The Balaban J connectivity index is 1.79. The van der Waals surface area contributed by atoms with Crippen molar-refractivity contribution in [3.05, 3.63) is 69.8 Å². The molecule has 144 valence electrons. The first-order valence-corrected chi connectivity index (χ1v) is 8.75. The number of ether oxygens (including phenoxy) is 2. The molecule has 0 saturated carbocycles. The van der Waals surface area contributed by atoms with Gasteiger partial charge in [-0.05, 0) is 44.2 Å². The van der Waals surface area contributed by atoms with Gasteiger partial charge in [-0.15, -0.1) is 0 Å². The number of aromatic nitrogens is 2. The number of carbonyl (C=O) groups is 2. The Morgan fingerprint density at radius 2 is 1.93 bits per heavy atom. The van der Waals surface area contributed by atoms with Crippen LogP contribution >= 0.6 is 0 Å². The van der Waals surface area contributed by atoms with Crippen LogP contribution in [0, 0.1) is 0 Å². The van der Waals surface area contributed by atoms with Crippen molar-refractivity contribution in [3.8, 4) is 5.75 Å². The lowest BCUT2D eigenvalue weighted by atomic mass is 10.0. The van der Waals surface area contributed by atoms with Crippen LogP contribution in [-0.2, 0) is 16.0 Å². The number of para-hydroxylation sites is 1. The largest absolute Gasteiger partial charge is 0.496 e. The van der Waals surface area contributed by atoms with Gasteiger partial charge in [0, 0.05) is 11.1 Å². The highest BCUT2D eigenvalue weighted by Crippen LogP contribution is 2.22. The van der Waals surface area contributed by atoms with E-state index < -0.39 is 12.1 Å². The number of Topliss-reactive ketones (excluding diaryl/α,β-unsaturated/α-hetero) is 1. The summed E-state index contributed by atoms with van der Waals surface area (Å²) in [5.74, 6) is 0.124. The van der Waals surface area contributed by atoms with E-state index in [9.17, 15) is 14.4 Å². The number of hydrogen-bond acceptors (Lipinski definition) is 6. The zero-order valence-corrected chi connectivity index (χ0v) is 15.8. The number of rotatable bonds is 6. The lowest BCUT2D eigenvalue weighted by molar-refractivity contribution is -0.148. The molecule has 2 aromatic carbocycles. The molecule has 0 saturated heterocycles. The zero-order valence-electron chi connectivity index (χ0n) is 15.8. The summed E-state index contributed by atoms with van der Waals surface area (Å²) in [6.07, 6.45) is -0.821. The van der Waals surface area contributed by atoms with Gasteiger partial charge >= 0.3 is 5.97 Å². The topological polar surface area (TPSA) is 98.3 Å². The van der Waals surface area contributed by atoms with E-state index in [0.717, 1.165) is 0 Å². The minimum atomic E-state index is -0.744.